The lowest BCUT2D eigenvalue weighted by molar-refractivity contribution is 0.0655. The monoisotopic (exact) mass is 384 g/mol. The summed E-state index contributed by atoms with van der Waals surface area (Å²) in [5, 5.41) is 25.8. The number of benzene rings is 1. The van der Waals surface area contributed by atoms with Gasteiger partial charge < -0.3 is 15.7 Å². The molecular formula is C19H24N6OS. The Kier molecular flexibility index (Phi) is 6.20. The molecule has 7 nitrogen and oxygen atoms in total. The van der Waals surface area contributed by atoms with E-state index in [1.165, 1.54) is 6.33 Å². The van der Waals surface area contributed by atoms with E-state index in [0.29, 0.717) is 19.0 Å². The Bertz CT molecular complexity index is 858. The molecule has 0 amide bonds. The van der Waals surface area contributed by atoms with Crippen LogP contribution in [0.1, 0.15) is 24.3 Å². The number of nitrogens with zero attached hydrogens (tertiary/aromatic N) is 3. The van der Waals surface area contributed by atoms with E-state index in [0.717, 1.165) is 28.4 Å². The molecule has 1 aromatic carbocycles. The number of hydrogen-bond acceptors (Lipinski definition) is 5. The average Bonchev–Trinajstić information content (AvgIpc) is 3.38. The van der Waals surface area contributed by atoms with Crippen LogP contribution in [0, 0.1) is 0 Å². The van der Waals surface area contributed by atoms with E-state index >= 15 is 0 Å². The molecule has 1 atom stereocenters. The number of aliphatic imine (C=N–C) groups is 1. The summed E-state index contributed by atoms with van der Waals surface area (Å²) >= 11 is 1.54. The molecule has 3 rings (SSSR count). The molecule has 1 unspecified atom stereocenters. The standard InChI is InChI=1S/C19H24N6OS/c1-3-20-18(22-12-19(2,26)16-8-5-9-27-16)21-11-14-6-4-7-15(10-14)17-23-13-24-25-17/h4-10,13,26H,3,11-12H2,1-2H3,(H2,20,21,22)(H,23,24,25). The minimum Gasteiger partial charge on any atom is -0.383 e. The zero-order valence-corrected chi connectivity index (χ0v) is 16.3. The van der Waals surface area contributed by atoms with E-state index in [-0.39, 0.29) is 0 Å². The lowest BCUT2D eigenvalue weighted by Crippen LogP contribution is -2.44. The van der Waals surface area contributed by atoms with Gasteiger partial charge in [-0.05, 0) is 36.9 Å². The first kappa shape index (κ1) is 19.1. The van der Waals surface area contributed by atoms with Gasteiger partial charge in [-0.2, -0.15) is 5.10 Å². The molecule has 4 N–H and O–H groups in total. The Morgan fingerprint density at radius 1 is 1.30 bits per heavy atom. The van der Waals surface area contributed by atoms with E-state index in [2.05, 4.69) is 30.8 Å². The zero-order valence-electron chi connectivity index (χ0n) is 15.4. The minimum absolute atomic E-state index is 0.372. The van der Waals surface area contributed by atoms with Crippen molar-refractivity contribution in [3.63, 3.8) is 0 Å². The molecular weight excluding hydrogens is 360 g/mol. The molecule has 0 aliphatic carbocycles. The summed E-state index contributed by atoms with van der Waals surface area (Å²) in [6.45, 7) is 5.44. The van der Waals surface area contributed by atoms with Gasteiger partial charge in [0.15, 0.2) is 11.8 Å². The van der Waals surface area contributed by atoms with Gasteiger partial charge in [-0.1, -0.05) is 24.3 Å². The number of aromatic nitrogens is 3. The highest BCUT2D eigenvalue weighted by Crippen LogP contribution is 2.24. The summed E-state index contributed by atoms with van der Waals surface area (Å²) < 4.78 is 0. The summed E-state index contributed by atoms with van der Waals surface area (Å²) in [6.07, 6.45) is 1.49. The van der Waals surface area contributed by atoms with Crippen LogP contribution in [0.3, 0.4) is 0 Å². The fourth-order valence-corrected chi connectivity index (χ4v) is 3.39. The van der Waals surface area contributed by atoms with Gasteiger partial charge in [0, 0.05) is 17.0 Å². The maximum Gasteiger partial charge on any atom is 0.191 e. The van der Waals surface area contributed by atoms with Crippen molar-refractivity contribution < 1.29 is 5.11 Å². The van der Waals surface area contributed by atoms with Gasteiger partial charge in [0.25, 0.3) is 0 Å². The normalized spacial score (nSPS) is 14.0. The van der Waals surface area contributed by atoms with E-state index in [4.69, 9.17) is 0 Å². The molecule has 0 saturated heterocycles. The molecule has 0 aliphatic heterocycles. The number of aromatic amines is 1. The lowest BCUT2D eigenvalue weighted by Gasteiger charge is -2.23. The number of thiophene rings is 1. The van der Waals surface area contributed by atoms with Crippen molar-refractivity contribution >= 4 is 17.3 Å². The van der Waals surface area contributed by atoms with Crippen LogP contribution in [0.15, 0.2) is 53.1 Å². The molecule has 0 saturated carbocycles. The van der Waals surface area contributed by atoms with Crippen LogP contribution in [-0.4, -0.2) is 39.3 Å². The van der Waals surface area contributed by atoms with Crippen molar-refractivity contribution in [3.8, 4) is 11.4 Å². The highest BCUT2D eigenvalue weighted by molar-refractivity contribution is 7.10. The first-order valence-electron chi connectivity index (χ1n) is 8.81. The van der Waals surface area contributed by atoms with E-state index in [1.54, 1.807) is 18.3 Å². The molecule has 0 spiro atoms. The second-order valence-electron chi connectivity index (χ2n) is 6.33. The number of guanidine groups is 1. The molecule has 0 aliphatic rings. The van der Waals surface area contributed by atoms with Gasteiger partial charge in [0.1, 0.15) is 11.9 Å². The van der Waals surface area contributed by atoms with E-state index in [9.17, 15) is 5.11 Å². The van der Waals surface area contributed by atoms with Crippen LogP contribution >= 0.6 is 11.3 Å². The molecule has 2 aromatic heterocycles. The molecule has 8 heteroatoms. The molecule has 3 aromatic rings. The number of rotatable bonds is 7. The summed E-state index contributed by atoms with van der Waals surface area (Å²) in [7, 11) is 0. The Hall–Kier alpha value is -2.71. The van der Waals surface area contributed by atoms with Crippen LogP contribution in [-0.2, 0) is 12.1 Å². The van der Waals surface area contributed by atoms with Crippen molar-refractivity contribution in [2.75, 3.05) is 13.1 Å². The van der Waals surface area contributed by atoms with E-state index in [1.807, 2.05) is 48.7 Å². The van der Waals surface area contributed by atoms with Gasteiger partial charge >= 0.3 is 0 Å². The summed E-state index contributed by atoms with van der Waals surface area (Å²) in [5.41, 5.74) is 1.08. The molecule has 0 radical (unpaired) electrons. The van der Waals surface area contributed by atoms with Gasteiger partial charge in [-0.25, -0.2) is 9.98 Å². The number of hydrogen-bond donors (Lipinski definition) is 4. The molecule has 27 heavy (non-hydrogen) atoms. The van der Waals surface area contributed by atoms with Crippen molar-refractivity contribution in [2.24, 2.45) is 4.99 Å². The smallest absolute Gasteiger partial charge is 0.191 e. The predicted molar refractivity (Wildman–Crippen MR) is 109 cm³/mol. The molecule has 0 fully saturated rings. The Morgan fingerprint density at radius 3 is 2.89 bits per heavy atom. The van der Waals surface area contributed by atoms with Crippen LogP contribution < -0.4 is 10.6 Å². The van der Waals surface area contributed by atoms with Crippen LogP contribution in [0.4, 0.5) is 0 Å². The Morgan fingerprint density at radius 2 is 2.19 bits per heavy atom. The molecule has 0 bridgehead atoms. The third kappa shape index (κ3) is 5.15. The van der Waals surface area contributed by atoms with Crippen LogP contribution in [0.5, 0.6) is 0 Å². The van der Waals surface area contributed by atoms with E-state index < -0.39 is 5.60 Å². The largest absolute Gasteiger partial charge is 0.383 e. The van der Waals surface area contributed by atoms with Gasteiger partial charge in [-0.3, -0.25) is 5.10 Å². The van der Waals surface area contributed by atoms with Gasteiger partial charge in [0.05, 0.1) is 13.1 Å². The number of aliphatic hydroxyl groups is 1. The maximum absolute atomic E-state index is 10.7. The Balaban J connectivity index is 1.66. The second-order valence-corrected chi connectivity index (χ2v) is 7.28. The number of H-pyrrole nitrogens is 1. The van der Waals surface area contributed by atoms with Crippen LogP contribution in [0.25, 0.3) is 11.4 Å². The third-order valence-electron chi connectivity index (χ3n) is 4.03. The van der Waals surface area contributed by atoms with Crippen LogP contribution in [0.2, 0.25) is 0 Å². The highest BCUT2D eigenvalue weighted by atomic mass is 32.1. The zero-order chi connectivity index (χ0) is 19.1. The maximum atomic E-state index is 10.7. The quantitative estimate of drug-likeness (QED) is 0.371. The highest BCUT2D eigenvalue weighted by Gasteiger charge is 2.24. The minimum atomic E-state index is -0.948. The summed E-state index contributed by atoms with van der Waals surface area (Å²) in [6, 6.07) is 11.9. The average molecular weight is 385 g/mol. The van der Waals surface area contributed by atoms with Crippen molar-refractivity contribution in [3.05, 3.63) is 58.5 Å². The molecule has 2 heterocycles. The molecule has 142 valence electrons. The van der Waals surface area contributed by atoms with Gasteiger partial charge in [-0.15, -0.1) is 11.3 Å². The van der Waals surface area contributed by atoms with Gasteiger partial charge in [0.2, 0.25) is 0 Å². The fourth-order valence-electron chi connectivity index (χ4n) is 2.60. The third-order valence-corrected chi connectivity index (χ3v) is 5.15. The summed E-state index contributed by atoms with van der Waals surface area (Å²) in [5.74, 6) is 1.40. The topological polar surface area (TPSA) is 98.2 Å². The van der Waals surface area contributed by atoms with Crippen molar-refractivity contribution in [1.29, 1.82) is 0 Å². The SMILES string of the molecule is CCNC(=NCc1cccc(-c2ncn[nH]2)c1)NCC(C)(O)c1cccs1. The second kappa shape index (κ2) is 8.79. The van der Waals surface area contributed by atoms with Crippen molar-refractivity contribution in [2.45, 2.75) is 26.0 Å². The Labute approximate surface area is 162 Å². The first-order chi connectivity index (χ1) is 13.1. The predicted octanol–water partition coefficient (Wildman–Crippen LogP) is 2.50. The summed E-state index contributed by atoms with van der Waals surface area (Å²) in [4.78, 5) is 9.73. The fraction of sp³-hybridized carbons (Fsp3) is 0.316. The van der Waals surface area contributed by atoms with Crippen molar-refractivity contribution in [1.82, 2.24) is 25.8 Å². The number of nitrogens with one attached hydrogen (secondary N) is 3. The first-order valence-corrected chi connectivity index (χ1v) is 9.69. The lowest BCUT2D eigenvalue weighted by atomic mass is 10.1.